The zero-order valence-corrected chi connectivity index (χ0v) is 20.3. The zero-order chi connectivity index (χ0) is 22.4. The van der Waals surface area contributed by atoms with Crippen molar-refractivity contribution < 1.29 is 17.9 Å². The highest BCUT2D eigenvalue weighted by Crippen LogP contribution is 2.38. The smallest absolute Gasteiger partial charge is 0.178 e. The average molecular weight is 486 g/mol. The van der Waals surface area contributed by atoms with Gasteiger partial charge < -0.3 is 14.4 Å². The van der Waals surface area contributed by atoms with Gasteiger partial charge >= 0.3 is 0 Å². The summed E-state index contributed by atoms with van der Waals surface area (Å²) in [4.78, 5) is 2.54. The van der Waals surface area contributed by atoms with Crippen LogP contribution in [0.25, 0.3) is 0 Å². The summed E-state index contributed by atoms with van der Waals surface area (Å²) in [6.45, 7) is 5.56. The van der Waals surface area contributed by atoms with Gasteiger partial charge in [-0.15, -0.1) is 0 Å². The Kier molecular flexibility index (Phi) is 8.79. The maximum atomic E-state index is 12.7. The fraction of sp³-hybridized carbons (Fsp3) is 0.478. The van der Waals surface area contributed by atoms with E-state index in [1.54, 1.807) is 18.2 Å². The van der Waals surface area contributed by atoms with Crippen LogP contribution in [-0.2, 0) is 25.9 Å². The van der Waals surface area contributed by atoms with Crippen LogP contribution in [-0.4, -0.2) is 59.1 Å². The van der Waals surface area contributed by atoms with Gasteiger partial charge in [-0.05, 0) is 61.3 Å². The SMILES string of the molecule is CCOCCOCCCS(=O)(=O)c1ccc([C@H]2CN(C)Cc3c(Cl)cc(Cl)cc32)cc1. The molecule has 0 amide bonds. The Morgan fingerprint density at radius 1 is 1.06 bits per heavy atom. The van der Waals surface area contributed by atoms with Gasteiger partial charge in [0.15, 0.2) is 9.84 Å². The third kappa shape index (κ3) is 6.44. The van der Waals surface area contributed by atoms with Crippen molar-refractivity contribution in [2.45, 2.75) is 30.7 Å². The van der Waals surface area contributed by atoms with Crippen LogP contribution in [0.3, 0.4) is 0 Å². The van der Waals surface area contributed by atoms with Gasteiger partial charge in [0, 0.05) is 42.3 Å². The second-order valence-corrected chi connectivity index (χ2v) is 10.7. The van der Waals surface area contributed by atoms with Crippen molar-refractivity contribution in [3.05, 3.63) is 63.1 Å². The minimum atomic E-state index is -3.35. The monoisotopic (exact) mass is 485 g/mol. The van der Waals surface area contributed by atoms with E-state index in [2.05, 4.69) is 11.9 Å². The minimum absolute atomic E-state index is 0.0567. The molecule has 0 bridgehead atoms. The predicted molar refractivity (Wildman–Crippen MR) is 125 cm³/mol. The number of rotatable bonds is 10. The van der Waals surface area contributed by atoms with Crippen LogP contribution in [0.1, 0.15) is 36.0 Å². The minimum Gasteiger partial charge on any atom is -0.379 e. The number of sulfone groups is 1. The van der Waals surface area contributed by atoms with Crippen molar-refractivity contribution in [3.8, 4) is 0 Å². The van der Waals surface area contributed by atoms with Crippen molar-refractivity contribution >= 4 is 33.0 Å². The number of hydrogen-bond acceptors (Lipinski definition) is 5. The van der Waals surface area contributed by atoms with E-state index >= 15 is 0 Å². The fourth-order valence-corrected chi connectivity index (χ4v) is 5.72. The van der Waals surface area contributed by atoms with Crippen molar-refractivity contribution in [1.29, 1.82) is 0 Å². The second kappa shape index (κ2) is 11.1. The highest BCUT2D eigenvalue weighted by Gasteiger charge is 2.27. The first-order valence-electron chi connectivity index (χ1n) is 10.5. The Morgan fingerprint density at radius 3 is 2.48 bits per heavy atom. The lowest BCUT2D eigenvalue weighted by atomic mass is 9.85. The molecule has 1 aliphatic heterocycles. The number of benzene rings is 2. The van der Waals surface area contributed by atoms with Gasteiger partial charge in [0.2, 0.25) is 0 Å². The number of nitrogens with zero attached hydrogens (tertiary/aromatic N) is 1. The second-order valence-electron chi connectivity index (χ2n) is 7.76. The first-order chi connectivity index (χ1) is 14.8. The average Bonchev–Trinajstić information content (AvgIpc) is 2.73. The van der Waals surface area contributed by atoms with Crippen LogP contribution in [0.15, 0.2) is 41.3 Å². The molecule has 1 heterocycles. The molecule has 0 spiro atoms. The summed E-state index contributed by atoms with van der Waals surface area (Å²) in [6.07, 6.45) is 0.452. The van der Waals surface area contributed by atoms with E-state index in [-0.39, 0.29) is 11.7 Å². The predicted octanol–water partition coefficient (Wildman–Crippen LogP) is 4.79. The molecule has 0 N–H and O–H groups in total. The Morgan fingerprint density at radius 2 is 1.77 bits per heavy atom. The lowest BCUT2D eigenvalue weighted by Crippen LogP contribution is -2.31. The molecule has 0 aliphatic carbocycles. The molecule has 31 heavy (non-hydrogen) atoms. The lowest BCUT2D eigenvalue weighted by molar-refractivity contribution is 0.0533. The fourth-order valence-electron chi connectivity index (χ4n) is 3.87. The van der Waals surface area contributed by atoms with Crippen LogP contribution in [0.5, 0.6) is 0 Å². The van der Waals surface area contributed by atoms with Crippen molar-refractivity contribution in [2.24, 2.45) is 0 Å². The molecule has 0 radical (unpaired) electrons. The summed E-state index contributed by atoms with van der Waals surface area (Å²) in [7, 11) is -1.30. The maximum Gasteiger partial charge on any atom is 0.178 e. The van der Waals surface area contributed by atoms with E-state index in [0.29, 0.717) is 47.8 Å². The molecule has 0 unspecified atom stereocenters. The highest BCUT2D eigenvalue weighted by molar-refractivity contribution is 7.91. The zero-order valence-electron chi connectivity index (χ0n) is 17.9. The summed E-state index contributed by atoms with van der Waals surface area (Å²) in [5, 5.41) is 1.28. The van der Waals surface area contributed by atoms with Gasteiger partial charge in [-0.1, -0.05) is 35.3 Å². The number of hydrogen-bond donors (Lipinski definition) is 0. The maximum absolute atomic E-state index is 12.7. The van der Waals surface area contributed by atoms with Gasteiger partial charge in [-0.3, -0.25) is 0 Å². The van der Waals surface area contributed by atoms with Gasteiger partial charge in [0.25, 0.3) is 0 Å². The molecule has 1 aliphatic rings. The van der Waals surface area contributed by atoms with E-state index in [0.717, 1.165) is 29.8 Å². The molecule has 0 saturated carbocycles. The molecule has 0 saturated heterocycles. The van der Waals surface area contributed by atoms with Crippen LogP contribution < -0.4 is 0 Å². The van der Waals surface area contributed by atoms with Crippen LogP contribution in [0.2, 0.25) is 10.0 Å². The van der Waals surface area contributed by atoms with Crippen molar-refractivity contribution in [2.75, 3.05) is 45.8 Å². The highest BCUT2D eigenvalue weighted by atomic mass is 35.5. The molecule has 0 aromatic heterocycles. The summed E-state index contributed by atoms with van der Waals surface area (Å²) in [5.74, 6) is 0.140. The molecule has 5 nitrogen and oxygen atoms in total. The topological polar surface area (TPSA) is 55.8 Å². The third-order valence-electron chi connectivity index (χ3n) is 5.41. The Labute approximate surface area is 195 Å². The number of ether oxygens (including phenoxy) is 2. The van der Waals surface area contributed by atoms with Gasteiger partial charge in [-0.2, -0.15) is 0 Å². The van der Waals surface area contributed by atoms with Crippen LogP contribution in [0, 0.1) is 0 Å². The van der Waals surface area contributed by atoms with Crippen molar-refractivity contribution in [1.82, 2.24) is 4.90 Å². The van der Waals surface area contributed by atoms with Gasteiger partial charge in [0.1, 0.15) is 0 Å². The summed E-state index contributed by atoms with van der Waals surface area (Å²) >= 11 is 12.7. The molecule has 170 valence electrons. The lowest BCUT2D eigenvalue weighted by Gasteiger charge is -2.33. The largest absolute Gasteiger partial charge is 0.379 e. The summed E-state index contributed by atoms with van der Waals surface area (Å²) in [5.41, 5.74) is 3.23. The molecule has 1 atom stereocenters. The molecular weight excluding hydrogens is 457 g/mol. The molecule has 2 aromatic rings. The first kappa shape index (κ1) is 24.5. The van der Waals surface area contributed by atoms with E-state index in [1.165, 1.54) is 0 Å². The molecule has 3 rings (SSSR count). The van der Waals surface area contributed by atoms with E-state index in [9.17, 15) is 8.42 Å². The number of likely N-dealkylation sites (N-methyl/N-ethyl adjacent to an activating group) is 1. The molecular formula is C23H29Cl2NO4S. The molecule has 2 aromatic carbocycles. The number of halogens is 2. The molecule has 8 heteroatoms. The standard InChI is InChI=1S/C23H29Cl2NO4S/c1-3-29-10-11-30-9-4-12-31(27,28)19-7-5-17(6-8-19)21-15-26(2)16-22-20(21)13-18(24)14-23(22)25/h5-8,13-14,21H,3-4,9-12,15-16H2,1-2H3/t21-/m1/s1. The Hall–Kier alpha value is -1.15. The Balaban J connectivity index is 1.68. The van der Waals surface area contributed by atoms with Gasteiger partial charge in [-0.25, -0.2) is 8.42 Å². The van der Waals surface area contributed by atoms with Crippen LogP contribution in [0.4, 0.5) is 0 Å². The summed E-state index contributed by atoms with van der Waals surface area (Å²) in [6, 6.07) is 10.9. The quantitative estimate of drug-likeness (QED) is 0.452. The third-order valence-corrected chi connectivity index (χ3v) is 7.78. The van der Waals surface area contributed by atoms with E-state index in [1.807, 2.05) is 25.1 Å². The van der Waals surface area contributed by atoms with Crippen LogP contribution >= 0.6 is 23.2 Å². The van der Waals surface area contributed by atoms with Crippen molar-refractivity contribution in [3.63, 3.8) is 0 Å². The Bertz CT molecular complexity index is 980. The summed E-state index contributed by atoms with van der Waals surface area (Å²) < 4.78 is 35.9. The number of fused-ring (bicyclic) bond motifs is 1. The normalized spacial score (nSPS) is 17.0. The van der Waals surface area contributed by atoms with E-state index < -0.39 is 9.84 Å². The van der Waals surface area contributed by atoms with Gasteiger partial charge in [0.05, 0.1) is 23.9 Å². The first-order valence-corrected chi connectivity index (χ1v) is 12.9. The molecule has 0 fully saturated rings. The van der Waals surface area contributed by atoms with E-state index in [4.69, 9.17) is 32.7 Å².